The Hall–Kier alpha value is -0.0400. The third-order valence-corrected chi connectivity index (χ3v) is 4.23. The molecule has 15 heavy (non-hydrogen) atoms. The van der Waals surface area contributed by atoms with Crippen LogP contribution in [0.1, 0.15) is 66.2 Å². The molecule has 0 saturated heterocycles. The van der Waals surface area contributed by atoms with E-state index in [1.54, 1.807) is 0 Å². The highest BCUT2D eigenvalue weighted by molar-refractivity contribution is 4.94. The molecule has 3 atom stereocenters. The van der Waals surface area contributed by atoms with Gasteiger partial charge in [-0.15, -0.1) is 0 Å². The van der Waals surface area contributed by atoms with Gasteiger partial charge >= 0.3 is 0 Å². The van der Waals surface area contributed by atoms with E-state index in [4.69, 9.17) is 5.73 Å². The van der Waals surface area contributed by atoms with Gasteiger partial charge < -0.3 is 5.73 Å². The van der Waals surface area contributed by atoms with Crippen molar-refractivity contribution in [2.45, 2.75) is 71.8 Å². The minimum atomic E-state index is 0.145. The van der Waals surface area contributed by atoms with Crippen LogP contribution in [-0.2, 0) is 0 Å². The predicted octanol–water partition coefficient (Wildman–Crippen LogP) is 3.97. The van der Waals surface area contributed by atoms with E-state index < -0.39 is 0 Å². The summed E-state index contributed by atoms with van der Waals surface area (Å²) in [7, 11) is 0. The van der Waals surface area contributed by atoms with Gasteiger partial charge in [0.25, 0.3) is 0 Å². The molecular formula is C14H29N. The molecule has 1 nitrogen and oxygen atoms in total. The van der Waals surface area contributed by atoms with Crippen molar-refractivity contribution in [2.24, 2.45) is 23.5 Å². The quantitative estimate of drug-likeness (QED) is 0.748. The monoisotopic (exact) mass is 211 g/mol. The van der Waals surface area contributed by atoms with Crippen molar-refractivity contribution in [1.29, 1.82) is 0 Å². The molecule has 1 heteroatoms. The van der Waals surface area contributed by atoms with Gasteiger partial charge in [0.05, 0.1) is 0 Å². The first kappa shape index (κ1) is 13.0. The molecule has 1 aliphatic rings. The molecule has 0 aromatic heterocycles. The molecule has 1 aliphatic carbocycles. The van der Waals surface area contributed by atoms with Crippen molar-refractivity contribution in [3.8, 4) is 0 Å². The Kier molecular flexibility index (Phi) is 4.64. The van der Waals surface area contributed by atoms with Crippen molar-refractivity contribution in [3.63, 3.8) is 0 Å². The van der Waals surface area contributed by atoms with Gasteiger partial charge in [-0.1, -0.05) is 47.0 Å². The Morgan fingerprint density at radius 1 is 1.27 bits per heavy atom. The van der Waals surface area contributed by atoms with Crippen molar-refractivity contribution < 1.29 is 0 Å². The van der Waals surface area contributed by atoms with Crippen LogP contribution in [0.25, 0.3) is 0 Å². The van der Waals surface area contributed by atoms with Crippen molar-refractivity contribution in [3.05, 3.63) is 0 Å². The van der Waals surface area contributed by atoms with Gasteiger partial charge in [-0.2, -0.15) is 0 Å². The third kappa shape index (κ3) is 3.79. The van der Waals surface area contributed by atoms with E-state index in [1.165, 1.54) is 38.5 Å². The maximum atomic E-state index is 6.58. The van der Waals surface area contributed by atoms with Gasteiger partial charge in [-0.3, -0.25) is 0 Å². The van der Waals surface area contributed by atoms with E-state index in [-0.39, 0.29) is 5.54 Å². The zero-order valence-electron chi connectivity index (χ0n) is 11.1. The molecule has 1 saturated carbocycles. The average Bonchev–Trinajstić information content (AvgIpc) is 2.11. The number of rotatable bonds is 4. The second-order valence-electron chi connectivity index (χ2n) is 6.31. The fourth-order valence-electron chi connectivity index (χ4n) is 2.96. The summed E-state index contributed by atoms with van der Waals surface area (Å²) in [6.45, 7) is 9.31. The summed E-state index contributed by atoms with van der Waals surface area (Å²) in [4.78, 5) is 0. The van der Waals surface area contributed by atoms with Crippen LogP contribution in [0.4, 0.5) is 0 Å². The molecule has 0 spiro atoms. The molecule has 0 heterocycles. The van der Waals surface area contributed by atoms with Crippen LogP contribution in [0.15, 0.2) is 0 Å². The topological polar surface area (TPSA) is 26.0 Å². The lowest BCUT2D eigenvalue weighted by Crippen LogP contribution is -2.49. The maximum Gasteiger partial charge on any atom is 0.0182 e. The van der Waals surface area contributed by atoms with Crippen molar-refractivity contribution >= 4 is 0 Å². The van der Waals surface area contributed by atoms with E-state index in [0.717, 1.165) is 17.8 Å². The minimum absolute atomic E-state index is 0.145. The van der Waals surface area contributed by atoms with Crippen LogP contribution in [0.2, 0.25) is 0 Å². The van der Waals surface area contributed by atoms with Crippen LogP contribution >= 0.6 is 0 Å². The molecule has 0 aromatic carbocycles. The van der Waals surface area contributed by atoms with E-state index in [1.807, 2.05) is 0 Å². The first-order valence-electron chi connectivity index (χ1n) is 6.73. The van der Waals surface area contributed by atoms with Gasteiger partial charge in [0, 0.05) is 5.54 Å². The SMILES string of the molecule is CC(C)CCCC1(N)CC(C)CCC1C. The molecule has 90 valence electrons. The molecule has 1 rings (SSSR count). The standard InChI is InChI=1S/C14H29N/c1-11(2)6-5-9-14(15)10-12(3)7-8-13(14)4/h11-13H,5-10,15H2,1-4H3. The molecule has 1 fully saturated rings. The summed E-state index contributed by atoms with van der Waals surface area (Å²) >= 11 is 0. The molecule has 2 N–H and O–H groups in total. The lowest BCUT2D eigenvalue weighted by atomic mass is 9.68. The highest BCUT2D eigenvalue weighted by Crippen LogP contribution is 2.38. The molecule has 0 amide bonds. The Morgan fingerprint density at radius 3 is 2.53 bits per heavy atom. The first-order valence-corrected chi connectivity index (χ1v) is 6.73. The maximum absolute atomic E-state index is 6.58. The second-order valence-corrected chi connectivity index (χ2v) is 6.31. The normalized spacial score (nSPS) is 37.2. The highest BCUT2D eigenvalue weighted by Gasteiger charge is 2.36. The number of hydrogen-bond donors (Lipinski definition) is 1. The second kappa shape index (κ2) is 5.34. The first-order chi connectivity index (χ1) is 6.94. The molecule has 0 radical (unpaired) electrons. The van der Waals surface area contributed by atoms with Gasteiger partial charge in [0.15, 0.2) is 0 Å². The van der Waals surface area contributed by atoms with Gasteiger partial charge in [-0.25, -0.2) is 0 Å². The minimum Gasteiger partial charge on any atom is -0.325 e. The summed E-state index contributed by atoms with van der Waals surface area (Å²) in [6, 6.07) is 0. The van der Waals surface area contributed by atoms with Crippen LogP contribution in [0.3, 0.4) is 0 Å². The Bertz CT molecular complexity index is 188. The summed E-state index contributed by atoms with van der Waals surface area (Å²) in [5.74, 6) is 2.39. The van der Waals surface area contributed by atoms with Crippen LogP contribution in [-0.4, -0.2) is 5.54 Å². The molecule has 0 bridgehead atoms. The summed E-state index contributed by atoms with van der Waals surface area (Å²) in [6.07, 6.45) is 7.83. The smallest absolute Gasteiger partial charge is 0.0182 e. The zero-order chi connectivity index (χ0) is 11.5. The Morgan fingerprint density at radius 2 is 1.93 bits per heavy atom. The van der Waals surface area contributed by atoms with E-state index in [9.17, 15) is 0 Å². The highest BCUT2D eigenvalue weighted by atomic mass is 14.8. The number of hydrogen-bond acceptors (Lipinski definition) is 1. The van der Waals surface area contributed by atoms with Crippen molar-refractivity contribution in [2.75, 3.05) is 0 Å². The molecule has 3 unspecified atom stereocenters. The van der Waals surface area contributed by atoms with E-state index in [0.29, 0.717) is 0 Å². The molecular weight excluding hydrogens is 182 g/mol. The van der Waals surface area contributed by atoms with Crippen molar-refractivity contribution in [1.82, 2.24) is 0 Å². The third-order valence-electron chi connectivity index (χ3n) is 4.23. The summed E-state index contributed by atoms with van der Waals surface area (Å²) < 4.78 is 0. The summed E-state index contributed by atoms with van der Waals surface area (Å²) in [5, 5.41) is 0. The average molecular weight is 211 g/mol. The molecule has 0 aliphatic heterocycles. The van der Waals surface area contributed by atoms with E-state index in [2.05, 4.69) is 27.7 Å². The fraction of sp³-hybridized carbons (Fsp3) is 1.00. The van der Waals surface area contributed by atoms with Gasteiger partial charge in [0.1, 0.15) is 0 Å². The lowest BCUT2D eigenvalue weighted by Gasteiger charge is -2.42. The summed E-state index contributed by atoms with van der Waals surface area (Å²) in [5.41, 5.74) is 6.72. The van der Waals surface area contributed by atoms with E-state index >= 15 is 0 Å². The van der Waals surface area contributed by atoms with Crippen LogP contribution in [0, 0.1) is 17.8 Å². The largest absolute Gasteiger partial charge is 0.325 e. The lowest BCUT2D eigenvalue weighted by molar-refractivity contribution is 0.146. The predicted molar refractivity (Wildman–Crippen MR) is 67.8 cm³/mol. The fourth-order valence-corrected chi connectivity index (χ4v) is 2.96. The number of nitrogens with two attached hydrogens (primary N) is 1. The zero-order valence-corrected chi connectivity index (χ0v) is 11.1. The Balaban J connectivity index is 2.40. The van der Waals surface area contributed by atoms with Gasteiger partial charge in [0.2, 0.25) is 0 Å². The Labute approximate surface area is 95.8 Å². The van der Waals surface area contributed by atoms with Gasteiger partial charge in [-0.05, 0) is 37.0 Å². The van der Waals surface area contributed by atoms with Crippen LogP contribution < -0.4 is 5.73 Å². The van der Waals surface area contributed by atoms with Crippen LogP contribution in [0.5, 0.6) is 0 Å². The molecule has 0 aromatic rings.